The first-order chi connectivity index (χ1) is 12.3. The van der Waals surface area contributed by atoms with E-state index in [-0.39, 0.29) is 0 Å². The third kappa shape index (κ3) is 3.81. The highest BCUT2D eigenvalue weighted by Gasteiger charge is 2.40. The fourth-order valence-electron chi connectivity index (χ4n) is 6.27. The largest absolute Gasteiger partial charge is 0.369 e. The van der Waals surface area contributed by atoms with Crippen LogP contribution in [0.25, 0.3) is 0 Å². The van der Waals surface area contributed by atoms with Crippen molar-refractivity contribution in [1.29, 1.82) is 0 Å². The molecule has 3 aliphatic rings. The zero-order valence-corrected chi connectivity index (χ0v) is 17.4. The lowest BCUT2D eigenvalue weighted by atomic mass is 9.60. The Bertz CT molecular complexity index is 605. The number of nitrogens with zero attached hydrogens (tertiary/aromatic N) is 2. The van der Waals surface area contributed by atoms with Gasteiger partial charge in [-0.3, -0.25) is 4.90 Å². The van der Waals surface area contributed by atoms with Gasteiger partial charge in [-0.2, -0.15) is 0 Å². The molecule has 2 saturated carbocycles. The third-order valence-corrected chi connectivity index (χ3v) is 7.18. The van der Waals surface area contributed by atoms with E-state index in [2.05, 4.69) is 61.8 Å². The highest BCUT2D eigenvalue weighted by Crippen LogP contribution is 2.53. The average molecular weight is 355 g/mol. The van der Waals surface area contributed by atoms with Crippen molar-refractivity contribution in [3.05, 3.63) is 29.8 Å². The molecule has 3 fully saturated rings. The molecule has 0 unspecified atom stereocenters. The fourth-order valence-corrected chi connectivity index (χ4v) is 6.27. The van der Waals surface area contributed by atoms with E-state index in [1.807, 2.05) is 0 Å². The van der Waals surface area contributed by atoms with Gasteiger partial charge in [0.1, 0.15) is 0 Å². The van der Waals surface area contributed by atoms with E-state index in [1.165, 1.54) is 70.4 Å². The standard InChI is InChI=1S/C24H38N2/c1-23(2)16-19(17-24(3,4)18-23)21-10-5-6-11-22(21)26-14-12-25(13-15-26)20-8-7-9-20/h5-6,10-11,19-20H,7-9,12-18H2,1-4H3. The molecule has 0 radical (unpaired) electrons. The Balaban J connectivity index is 1.52. The summed E-state index contributed by atoms with van der Waals surface area (Å²) in [4.78, 5) is 5.43. The summed E-state index contributed by atoms with van der Waals surface area (Å²) >= 11 is 0. The fraction of sp³-hybridized carbons (Fsp3) is 0.750. The van der Waals surface area contributed by atoms with Crippen LogP contribution in [0.4, 0.5) is 5.69 Å². The molecule has 0 spiro atoms. The maximum Gasteiger partial charge on any atom is 0.0402 e. The third-order valence-electron chi connectivity index (χ3n) is 7.18. The molecule has 4 rings (SSSR count). The zero-order chi connectivity index (χ0) is 18.4. The van der Waals surface area contributed by atoms with Crippen LogP contribution in [0.15, 0.2) is 24.3 Å². The van der Waals surface area contributed by atoms with E-state index in [0.717, 1.165) is 6.04 Å². The number of anilines is 1. The van der Waals surface area contributed by atoms with Crippen LogP contribution in [0.3, 0.4) is 0 Å². The summed E-state index contributed by atoms with van der Waals surface area (Å²) in [6, 6.07) is 10.2. The lowest BCUT2D eigenvalue weighted by Gasteiger charge is -2.47. The van der Waals surface area contributed by atoms with Crippen LogP contribution in [0.2, 0.25) is 0 Å². The molecule has 1 aliphatic heterocycles. The molecule has 0 atom stereocenters. The molecule has 1 saturated heterocycles. The molecule has 2 aliphatic carbocycles. The van der Waals surface area contributed by atoms with Gasteiger partial charge in [0.2, 0.25) is 0 Å². The van der Waals surface area contributed by atoms with Crippen LogP contribution >= 0.6 is 0 Å². The number of hydrogen-bond donors (Lipinski definition) is 0. The van der Waals surface area contributed by atoms with E-state index < -0.39 is 0 Å². The second kappa shape index (κ2) is 6.86. The molecule has 144 valence electrons. The molecule has 1 heterocycles. The van der Waals surface area contributed by atoms with Crippen LogP contribution < -0.4 is 4.90 Å². The van der Waals surface area contributed by atoms with Crippen LogP contribution in [0, 0.1) is 10.8 Å². The van der Waals surface area contributed by atoms with Crippen molar-refractivity contribution in [3.63, 3.8) is 0 Å². The van der Waals surface area contributed by atoms with Crippen molar-refractivity contribution in [3.8, 4) is 0 Å². The van der Waals surface area contributed by atoms with Gasteiger partial charge in [0.15, 0.2) is 0 Å². The van der Waals surface area contributed by atoms with Gasteiger partial charge in [0, 0.05) is 37.9 Å². The predicted molar refractivity (Wildman–Crippen MR) is 112 cm³/mol. The maximum atomic E-state index is 2.75. The Morgan fingerprint density at radius 3 is 2.04 bits per heavy atom. The van der Waals surface area contributed by atoms with E-state index in [0.29, 0.717) is 16.7 Å². The second-order valence-electron chi connectivity index (χ2n) is 10.8. The summed E-state index contributed by atoms with van der Waals surface area (Å²) in [6.45, 7) is 14.8. The molecule has 0 bridgehead atoms. The summed E-state index contributed by atoms with van der Waals surface area (Å²) in [5, 5.41) is 0. The molecule has 1 aromatic carbocycles. The summed E-state index contributed by atoms with van der Waals surface area (Å²) in [5.41, 5.74) is 4.04. The molecule has 0 N–H and O–H groups in total. The van der Waals surface area contributed by atoms with E-state index in [9.17, 15) is 0 Å². The number of hydrogen-bond acceptors (Lipinski definition) is 2. The van der Waals surface area contributed by atoms with Crippen LogP contribution in [-0.2, 0) is 0 Å². The van der Waals surface area contributed by atoms with Gasteiger partial charge >= 0.3 is 0 Å². The topological polar surface area (TPSA) is 6.48 Å². The molecular weight excluding hydrogens is 316 g/mol. The van der Waals surface area contributed by atoms with Gasteiger partial charge in [-0.1, -0.05) is 52.3 Å². The van der Waals surface area contributed by atoms with Crippen molar-refractivity contribution in [2.75, 3.05) is 31.1 Å². The highest BCUT2D eigenvalue weighted by molar-refractivity contribution is 5.56. The lowest BCUT2D eigenvalue weighted by molar-refractivity contribution is 0.0967. The van der Waals surface area contributed by atoms with E-state index in [1.54, 1.807) is 5.56 Å². The minimum Gasteiger partial charge on any atom is -0.369 e. The van der Waals surface area contributed by atoms with Gasteiger partial charge < -0.3 is 4.90 Å². The normalized spacial score (nSPS) is 27.3. The summed E-state index contributed by atoms with van der Waals surface area (Å²) in [6.07, 6.45) is 8.32. The van der Waals surface area contributed by atoms with Gasteiger partial charge in [-0.05, 0) is 60.5 Å². The van der Waals surface area contributed by atoms with E-state index >= 15 is 0 Å². The Morgan fingerprint density at radius 2 is 1.46 bits per heavy atom. The molecule has 0 amide bonds. The molecular formula is C24H38N2. The van der Waals surface area contributed by atoms with E-state index in [4.69, 9.17) is 0 Å². The van der Waals surface area contributed by atoms with Gasteiger partial charge in [-0.25, -0.2) is 0 Å². The predicted octanol–water partition coefficient (Wildman–Crippen LogP) is 5.68. The SMILES string of the molecule is CC1(C)CC(c2ccccc2N2CCN(C3CCC3)CC2)CC(C)(C)C1. The molecule has 2 heteroatoms. The summed E-state index contributed by atoms with van der Waals surface area (Å²) < 4.78 is 0. The summed E-state index contributed by atoms with van der Waals surface area (Å²) in [5.74, 6) is 0.703. The number of rotatable bonds is 3. The molecule has 2 nitrogen and oxygen atoms in total. The number of benzene rings is 1. The Labute approximate surface area is 161 Å². The number of piperazine rings is 1. The Kier molecular flexibility index (Phi) is 4.84. The quantitative estimate of drug-likeness (QED) is 0.689. The molecule has 1 aromatic rings. The first-order valence-corrected chi connectivity index (χ1v) is 10.9. The molecule has 0 aromatic heterocycles. The van der Waals surface area contributed by atoms with Crippen LogP contribution in [0.1, 0.15) is 77.7 Å². The second-order valence-corrected chi connectivity index (χ2v) is 10.8. The number of para-hydroxylation sites is 1. The zero-order valence-electron chi connectivity index (χ0n) is 17.4. The monoisotopic (exact) mass is 354 g/mol. The van der Waals surface area contributed by atoms with Gasteiger partial charge in [0.25, 0.3) is 0 Å². The minimum atomic E-state index is 0.447. The van der Waals surface area contributed by atoms with Crippen molar-refractivity contribution in [2.24, 2.45) is 10.8 Å². The van der Waals surface area contributed by atoms with Crippen LogP contribution in [-0.4, -0.2) is 37.1 Å². The minimum absolute atomic E-state index is 0.447. The Hall–Kier alpha value is -1.02. The first kappa shape index (κ1) is 18.3. The maximum absolute atomic E-state index is 2.75. The average Bonchev–Trinajstić information content (AvgIpc) is 2.51. The molecule has 26 heavy (non-hydrogen) atoms. The summed E-state index contributed by atoms with van der Waals surface area (Å²) in [7, 11) is 0. The van der Waals surface area contributed by atoms with Gasteiger partial charge in [0.05, 0.1) is 0 Å². The van der Waals surface area contributed by atoms with Gasteiger partial charge in [-0.15, -0.1) is 0 Å². The van der Waals surface area contributed by atoms with Crippen molar-refractivity contribution in [1.82, 2.24) is 4.90 Å². The van der Waals surface area contributed by atoms with Crippen molar-refractivity contribution < 1.29 is 0 Å². The highest BCUT2D eigenvalue weighted by atomic mass is 15.3. The Morgan fingerprint density at radius 1 is 0.846 bits per heavy atom. The smallest absolute Gasteiger partial charge is 0.0402 e. The van der Waals surface area contributed by atoms with Crippen molar-refractivity contribution >= 4 is 5.69 Å². The van der Waals surface area contributed by atoms with Crippen LogP contribution in [0.5, 0.6) is 0 Å². The van der Waals surface area contributed by atoms with Crippen molar-refractivity contribution in [2.45, 2.75) is 78.2 Å². The lowest BCUT2D eigenvalue weighted by Crippen LogP contribution is -2.52. The first-order valence-electron chi connectivity index (χ1n) is 10.9.